The number of aromatic nitrogens is 2. The van der Waals surface area contributed by atoms with Crippen molar-refractivity contribution < 1.29 is 12.8 Å². The molecule has 0 fully saturated rings. The average molecular weight is 373 g/mol. The molecule has 0 spiro atoms. The molecule has 2 rings (SSSR count). The molecule has 2 aromatic rings. The molecule has 0 radical (unpaired) electrons. The predicted molar refractivity (Wildman–Crippen MR) is 93.8 cm³/mol. The van der Waals surface area contributed by atoms with Crippen molar-refractivity contribution >= 4 is 38.8 Å². The van der Waals surface area contributed by atoms with E-state index in [1.54, 1.807) is 13.1 Å². The Balaban J connectivity index is 2.34. The van der Waals surface area contributed by atoms with Gasteiger partial charge in [-0.3, -0.25) is 4.72 Å². The number of halogens is 2. The molecular formula is C15H18ClFN4O2S. The Morgan fingerprint density at radius 3 is 2.54 bits per heavy atom. The van der Waals surface area contributed by atoms with Gasteiger partial charge in [0, 0.05) is 17.4 Å². The molecule has 0 aliphatic carbocycles. The standard InChI is InChI=1S/C15H18ClFN4O2S/c1-9-8-18-14(16)20-13(9)19-10-5-6-11(17)12(7-10)21-24(22,23)15(2,3)4/h5-8,21H,1-4H3,(H,18,19,20). The van der Waals surface area contributed by atoms with Gasteiger partial charge in [0.05, 0.1) is 10.4 Å². The lowest BCUT2D eigenvalue weighted by molar-refractivity contribution is 0.564. The first kappa shape index (κ1) is 18.4. The maximum absolute atomic E-state index is 14.0. The minimum Gasteiger partial charge on any atom is -0.340 e. The number of nitrogens with one attached hydrogen (secondary N) is 2. The number of hydrogen-bond donors (Lipinski definition) is 2. The van der Waals surface area contributed by atoms with Crippen molar-refractivity contribution in [2.24, 2.45) is 0 Å². The molecule has 0 saturated carbocycles. The van der Waals surface area contributed by atoms with E-state index in [4.69, 9.17) is 11.6 Å². The fourth-order valence-corrected chi connectivity index (χ4v) is 2.55. The summed E-state index contributed by atoms with van der Waals surface area (Å²) in [6.45, 7) is 6.37. The summed E-state index contributed by atoms with van der Waals surface area (Å²) >= 11 is 5.76. The third-order valence-corrected chi connectivity index (χ3v) is 5.51. The Bertz CT molecular complexity index is 866. The van der Waals surface area contributed by atoms with Crippen molar-refractivity contribution in [1.29, 1.82) is 0 Å². The summed E-state index contributed by atoms with van der Waals surface area (Å²) < 4.78 is 39.6. The lowest BCUT2D eigenvalue weighted by Crippen LogP contribution is -2.34. The van der Waals surface area contributed by atoms with Crippen LogP contribution in [0.15, 0.2) is 24.4 Å². The number of aryl methyl sites for hydroxylation is 1. The van der Waals surface area contributed by atoms with Gasteiger partial charge in [-0.1, -0.05) is 0 Å². The molecule has 1 heterocycles. The molecule has 9 heteroatoms. The minimum absolute atomic E-state index is 0.0684. The SMILES string of the molecule is Cc1cnc(Cl)nc1Nc1ccc(F)c(NS(=O)(=O)C(C)(C)C)c1. The van der Waals surface area contributed by atoms with E-state index >= 15 is 0 Å². The molecule has 6 nitrogen and oxygen atoms in total. The van der Waals surface area contributed by atoms with Gasteiger partial charge in [0.25, 0.3) is 0 Å². The molecule has 0 amide bonds. The average Bonchev–Trinajstić information content (AvgIpc) is 2.45. The second kappa shape index (κ2) is 6.52. The van der Waals surface area contributed by atoms with Crippen LogP contribution in [0.2, 0.25) is 5.28 Å². The van der Waals surface area contributed by atoms with Gasteiger partial charge in [-0.25, -0.2) is 22.8 Å². The van der Waals surface area contributed by atoms with Crippen LogP contribution in [0.3, 0.4) is 0 Å². The van der Waals surface area contributed by atoms with Gasteiger partial charge < -0.3 is 5.32 Å². The fourth-order valence-electron chi connectivity index (χ4n) is 1.66. The summed E-state index contributed by atoms with van der Waals surface area (Å²) in [5.74, 6) is -0.225. The van der Waals surface area contributed by atoms with Crippen molar-refractivity contribution in [3.63, 3.8) is 0 Å². The van der Waals surface area contributed by atoms with Crippen molar-refractivity contribution in [3.8, 4) is 0 Å². The highest BCUT2D eigenvalue weighted by Gasteiger charge is 2.29. The summed E-state index contributed by atoms with van der Waals surface area (Å²) in [5.41, 5.74) is 1.05. The number of anilines is 3. The van der Waals surface area contributed by atoms with Gasteiger partial charge in [0.15, 0.2) is 0 Å². The summed E-state index contributed by atoms with van der Waals surface area (Å²) in [5, 5.41) is 3.04. The molecule has 1 aromatic heterocycles. The first-order chi connectivity index (χ1) is 11.0. The molecular weight excluding hydrogens is 355 g/mol. The van der Waals surface area contributed by atoms with Gasteiger partial charge in [-0.15, -0.1) is 0 Å². The number of benzene rings is 1. The molecule has 0 bridgehead atoms. The smallest absolute Gasteiger partial charge is 0.237 e. The van der Waals surface area contributed by atoms with Gasteiger partial charge in [-0.05, 0) is 57.5 Å². The van der Waals surface area contributed by atoms with Crippen LogP contribution in [0.1, 0.15) is 26.3 Å². The number of rotatable bonds is 4. The van der Waals surface area contributed by atoms with Crippen LogP contribution in [0.4, 0.5) is 21.6 Å². The van der Waals surface area contributed by atoms with Crippen LogP contribution in [0, 0.1) is 12.7 Å². The van der Waals surface area contributed by atoms with Crippen molar-refractivity contribution in [2.75, 3.05) is 10.0 Å². The third kappa shape index (κ3) is 4.12. The lowest BCUT2D eigenvalue weighted by atomic mass is 10.2. The van der Waals surface area contributed by atoms with E-state index in [2.05, 4.69) is 20.0 Å². The molecule has 0 saturated heterocycles. The zero-order valence-electron chi connectivity index (χ0n) is 13.7. The first-order valence-electron chi connectivity index (χ1n) is 7.08. The predicted octanol–water partition coefficient (Wildman–Crippen LogP) is 3.86. The highest BCUT2D eigenvalue weighted by Crippen LogP contribution is 2.27. The van der Waals surface area contributed by atoms with Crippen molar-refractivity contribution in [2.45, 2.75) is 32.4 Å². The number of sulfonamides is 1. The summed E-state index contributed by atoms with van der Waals surface area (Å²) in [6, 6.07) is 3.99. The maximum atomic E-state index is 14.0. The monoisotopic (exact) mass is 372 g/mol. The lowest BCUT2D eigenvalue weighted by Gasteiger charge is -2.21. The molecule has 0 atom stereocenters. The summed E-state index contributed by atoms with van der Waals surface area (Å²) in [6.07, 6.45) is 1.55. The quantitative estimate of drug-likeness (QED) is 0.796. The van der Waals surface area contributed by atoms with Gasteiger partial charge >= 0.3 is 0 Å². The minimum atomic E-state index is -3.74. The van der Waals surface area contributed by atoms with Crippen LogP contribution in [0.5, 0.6) is 0 Å². The van der Waals surface area contributed by atoms with Gasteiger partial charge in [0.1, 0.15) is 11.6 Å². The Labute approximate surface area is 145 Å². The van der Waals surface area contributed by atoms with Crippen LogP contribution < -0.4 is 10.0 Å². The van der Waals surface area contributed by atoms with E-state index in [-0.39, 0.29) is 11.0 Å². The van der Waals surface area contributed by atoms with E-state index in [1.807, 2.05) is 0 Å². The van der Waals surface area contributed by atoms with Gasteiger partial charge in [0.2, 0.25) is 15.3 Å². The van der Waals surface area contributed by atoms with E-state index in [0.29, 0.717) is 11.5 Å². The highest BCUT2D eigenvalue weighted by atomic mass is 35.5. The summed E-state index contributed by atoms with van der Waals surface area (Å²) in [4.78, 5) is 7.90. The molecule has 130 valence electrons. The normalized spacial score (nSPS) is 12.1. The highest BCUT2D eigenvalue weighted by molar-refractivity contribution is 7.94. The second-order valence-corrected chi connectivity index (χ2v) is 8.98. The van der Waals surface area contributed by atoms with E-state index < -0.39 is 20.6 Å². The largest absolute Gasteiger partial charge is 0.340 e. The Morgan fingerprint density at radius 2 is 1.92 bits per heavy atom. The Kier molecular flexibility index (Phi) is 5.00. The summed E-state index contributed by atoms with van der Waals surface area (Å²) in [7, 11) is -3.74. The zero-order valence-corrected chi connectivity index (χ0v) is 15.3. The fraction of sp³-hybridized carbons (Fsp3) is 0.333. The topological polar surface area (TPSA) is 84.0 Å². The van der Waals surface area contributed by atoms with E-state index in [0.717, 1.165) is 5.56 Å². The zero-order chi connectivity index (χ0) is 18.1. The van der Waals surface area contributed by atoms with Gasteiger partial charge in [-0.2, -0.15) is 0 Å². The van der Waals surface area contributed by atoms with E-state index in [1.165, 1.54) is 39.0 Å². The molecule has 0 aliphatic rings. The molecule has 0 unspecified atom stereocenters. The van der Waals surface area contributed by atoms with Crippen LogP contribution in [-0.4, -0.2) is 23.1 Å². The van der Waals surface area contributed by atoms with Crippen LogP contribution in [-0.2, 0) is 10.0 Å². The van der Waals surface area contributed by atoms with Crippen molar-refractivity contribution in [3.05, 3.63) is 41.1 Å². The third-order valence-electron chi connectivity index (χ3n) is 3.22. The Morgan fingerprint density at radius 1 is 1.25 bits per heavy atom. The van der Waals surface area contributed by atoms with Crippen LogP contribution in [0.25, 0.3) is 0 Å². The Hall–Kier alpha value is -1.93. The number of hydrogen-bond acceptors (Lipinski definition) is 5. The molecule has 1 aromatic carbocycles. The number of nitrogens with zero attached hydrogens (tertiary/aromatic N) is 2. The molecule has 24 heavy (non-hydrogen) atoms. The van der Waals surface area contributed by atoms with Crippen molar-refractivity contribution in [1.82, 2.24) is 9.97 Å². The molecule has 2 N–H and O–H groups in total. The maximum Gasteiger partial charge on any atom is 0.237 e. The van der Waals surface area contributed by atoms with E-state index in [9.17, 15) is 12.8 Å². The second-order valence-electron chi connectivity index (χ2n) is 6.21. The molecule has 0 aliphatic heterocycles. The first-order valence-corrected chi connectivity index (χ1v) is 8.94. The van der Waals surface area contributed by atoms with Crippen LogP contribution >= 0.6 is 11.6 Å².